The molecule has 1 aliphatic heterocycles. The van der Waals surface area contributed by atoms with Crippen LogP contribution in [0.15, 0.2) is 18.2 Å². The summed E-state index contributed by atoms with van der Waals surface area (Å²) < 4.78 is 0. The predicted octanol–water partition coefficient (Wildman–Crippen LogP) is 2.65. The van der Waals surface area contributed by atoms with E-state index in [1.165, 1.54) is 0 Å². The number of amides is 2. The molecule has 1 aromatic carbocycles. The van der Waals surface area contributed by atoms with Crippen LogP contribution < -0.4 is 10.2 Å². The molecule has 0 unspecified atom stereocenters. The number of hydrogen-bond donors (Lipinski definition) is 2. The van der Waals surface area contributed by atoms with Gasteiger partial charge >= 0.3 is 12.0 Å². The second kappa shape index (κ2) is 4.76. The van der Waals surface area contributed by atoms with Crippen LogP contribution in [0.4, 0.5) is 10.5 Å². The van der Waals surface area contributed by atoms with E-state index in [2.05, 4.69) is 5.32 Å². The number of carboxylic acid groups (broad SMARTS) is 1. The van der Waals surface area contributed by atoms with Crippen molar-refractivity contribution in [2.24, 2.45) is 5.92 Å². The van der Waals surface area contributed by atoms with E-state index < -0.39 is 5.97 Å². The molecule has 112 valence electrons. The zero-order chi connectivity index (χ0) is 15.2. The van der Waals surface area contributed by atoms with Gasteiger partial charge in [0.2, 0.25) is 0 Å². The Kier molecular flexibility index (Phi) is 3.15. The third-order valence-corrected chi connectivity index (χ3v) is 4.50. The summed E-state index contributed by atoms with van der Waals surface area (Å²) in [4.78, 5) is 25.2. The molecule has 0 saturated heterocycles. The number of urea groups is 1. The topological polar surface area (TPSA) is 69.6 Å². The van der Waals surface area contributed by atoms with E-state index in [-0.39, 0.29) is 17.1 Å². The quantitative estimate of drug-likeness (QED) is 0.898. The van der Waals surface area contributed by atoms with Crippen LogP contribution in [-0.4, -0.2) is 29.2 Å². The second-order valence-electron chi connectivity index (χ2n) is 6.48. The Labute approximate surface area is 123 Å². The maximum Gasteiger partial charge on any atom is 0.335 e. The van der Waals surface area contributed by atoms with Gasteiger partial charge in [0.15, 0.2) is 0 Å². The number of carbonyl (C=O) groups excluding carboxylic acids is 1. The fourth-order valence-electron chi connectivity index (χ4n) is 2.97. The molecule has 3 rings (SSSR count). The lowest BCUT2D eigenvalue weighted by Gasteiger charge is -2.29. The third-order valence-electron chi connectivity index (χ3n) is 4.50. The maximum atomic E-state index is 12.5. The highest BCUT2D eigenvalue weighted by molar-refractivity contribution is 5.97. The van der Waals surface area contributed by atoms with Crippen molar-refractivity contribution in [3.05, 3.63) is 29.3 Å². The summed E-state index contributed by atoms with van der Waals surface area (Å²) in [6.45, 7) is 4.70. The maximum absolute atomic E-state index is 12.5. The summed E-state index contributed by atoms with van der Waals surface area (Å²) in [6.07, 6.45) is 3.09. The normalized spacial score (nSPS) is 17.5. The van der Waals surface area contributed by atoms with E-state index in [0.29, 0.717) is 12.5 Å². The van der Waals surface area contributed by atoms with Gasteiger partial charge in [-0.15, -0.1) is 0 Å². The standard InChI is InChI=1S/C16H20N2O3/c1-16(2,12-5-6-12)17-15(21)18-8-7-10-3-4-11(14(19)20)9-13(10)18/h3-4,9,12H,5-8H2,1-2H3,(H,17,21)(H,19,20). The van der Waals surface area contributed by atoms with Gasteiger partial charge < -0.3 is 10.4 Å². The minimum absolute atomic E-state index is 0.131. The van der Waals surface area contributed by atoms with Gasteiger partial charge in [-0.2, -0.15) is 0 Å². The van der Waals surface area contributed by atoms with E-state index in [4.69, 9.17) is 5.11 Å². The monoisotopic (exact) mass is 288 g/mol. The van der Waals surface area contributed by atoms with Crippen molar-refractivity contribution in [3.63, 3.8) is 0 Å². The van der Waals surface area contributed by atoms with Crippen LogP contribution >= 0.6 is 0 Å². The van der Waals surface area contributed by atoms with E-state index in [1.807, 2.05) is 13.8 Å². The van der Waals surface area contributed by atoms with E-state index in [9.17, 15) is 9.59 Å². The average Bonchev–Trinajstić information content (AvgIpc) is 3.18. The van der Waals surface area contributed by atoms with Crippen LogP contribution in [0.25, 0.3) is 0 Å². The summed E-state index contributed by atoms with van der Waals surface area (Å²) in [5.74, 6) is -0.419. The molecule has 1 heterocycles. The number of fused-ring (bicyclic) bond motifs is 1. The summed E-state index contributed by atoms with van der Waals surface area (Å²) >= 11 is 0. The summed E-state index contributed by atoms with van der Waals surface area (Å²) in [7, 11) is 0. The molecule has 0 aromatic heterocycles. The lowest BCUT2D eigenvalue weighted by atomic mass is 9.99. The smallest absolute Gasteiger partial charge is 0.335 e. The van der Waals surface area contributed by atoms with Gasteiger partial charge in [0, 0.05) is 17.8 Å². The Morgan fingerprint density at radius 2 is 2.05 bits per heavy atom. The van der Waals surface area contributed by atoms with Gasteiger partial charge in [0.1, 0.15) is 0 Å². The lowest BCUT2D eigenvalue weighted by Crippen LogP contribution is -2.51. The van der Waals surface area contributed by atoms with Crippen molar-refractivity contribution in [3.8, 4) is 0 Å². The molecule has 5 nitrogen and oxygen atoms in total. The minimum Gasteiger partial charge on any atom is -0.478 e. The number of rotatable bonds is 3. The van der Waals surface area contributed by atoms with Gasteiger partial charge in [-0.3, -0.25) is 4.90 Å². The Hall–Kier alpha value is -2.04. The van der Waals surface area contributed by atoms with Crippen molar-refractivity contribution in [2.45, 2.75) is 38.6 Å². The molecule has 5 heteroatoms. The Bertz CT molecular complexity index is 606. The van der Waals surface area contributed by atoms with E-state index in [0.717, 1.165) is 30.5 Å². The van der Waals surface area contributed by atoms with Crippen LogP contribution in [0.5, 0.6) is 0 Å². The molecule has 1 aliphatic carbocycles. The number of aromatic carboxylic acids is 1. The molecule has 1 saturated carbocycles. The number of anilines is 1. The third kappa shape index (κ3) is 2.60. The molecule has 0 bridgehead atoms. The summed E-state index contributed by atoms with van der Waals surface area (Å²) in [5, 5.41) is 12.2. The first-order valence-corrected chi connectivity index (χ1v) is 7.34. The predicted molar refractivity (Wildman–Crippen MR) is 79.8 cm³/mol. The highest BCUT2D eigenvalue weighted by atomic mass is 16.4. The SMILES string of the molecule is CC(C)(NC(=O)N1CCc2ccc(C(=O)O)cc21)C1CC1. The van der Waals surface area contributed by atoms with Gasteiger partial charge in [0.05, 0.1) is 5.56 Å². The van der Waals surface area contributed by atoms with Crippen molar-refractivity contribution in [1.82, 2.24) is 5.32 Å². The summed E-state index contributed by atoms with van der Waals surface area (Å²) in [6, 6.07) is 4.86. The lowest BCUT2D eigenvalue weighted by molar-refractivity contribution is 0.0697. The zero-order valence-electron chi connectivity index (χ0n) is 12.3. The fourth-order valence-corrected chi connectivity index (χ4v) is 2.97. The van der Waals surface area contributed by atoms with E-state index >= 15 is 0 Å². The molecule has 0 radical (unpaired) electrons. The Morgan fingerprint density at radius 1 is 1.33 bits per heavy atom. The molecule has 1 aromatic rings. The second-order valence-corrected chi connectivity index (χ2v) is 6.48. The molecule has 1 fully saturated rings. The highest BCUT2D eigenvalue weighted by Gasteiger charge is 2.40. The van der Waals surface area contributed by atoms with Crippen LogP contribution in [0.2, 0.25) is 0 Å². The molecule has 2 amide bonds. The van der Waals surface area contributed by atoms with Crippen molar-refractivity contribution in [2.75, 3.05) is 11.4 Å². The first-order valence-electron chi connectivity index (χ1n) is 7.34. The molecule has 2 N–H and O–H groups in total. The number of benzene rings is 1. The molecule has 21 heavy (non-hydrogen) atoms. The van der Waals surface area contributed by atoms with Crippen LogP contribution in [0.3, 0.4) is 0 Å². The highest BCUT2D eigenvalue weighted by Crippen LogP contribution is 2.39. The van der Waals surface area contributed by atoms with Crippen molar-refractivity contribution in [1.29, 1.82) is 0 Å². The number of carbonyl (C=O) groups is 2. The van der Waals surface area contributed by atoms with Gasteiger partial charge in [-0.05, 0) is 56.7 Å². The largest absolute Gasteiger partial charge is 0.478 e. The molecular formula is C16H20N2O3. The van der Waals surface area contributed by atoms with Gasteiger partial charge in [-0.1, -0.05) is 6.07 Å². The van der Waals surface area contributed by atoms with Crippen molar-refractivity contribution >= 4 is 17.7 Å². The van der Waals surface area contributed by atoms with Crippen LogP contribution in [0.1, 0.15) is 42.6 Å². The number of carboxylic acids is 1. The summed E-state index contributed by atoms with van der Waals surface area (Å²) in [5.41, 5.74) is 1.76. The number of nitrogens with one attached hydrogen (secondary N) is 1. The molecule has 0 spiro atoms. The number of hydrogen-bond acceptors (Lipinski definition) is 2. The average molecular weight is 288 g/mol. The number of nitrogens with zero attached hydrogens (tertiary/aromatic N) is 1. The minimum atomic E-state index is -0.969. The first-order chi connectivity index (χ1) is 9.88. The first kappa shape index (κ1) is 13.9. The molecule has 2 aliphatic rings. The van der Waals surface area contributed by atoms with Crippen molar-refractivity contribution < 1.29 is 14.7 Å². The van der Waals surface area contributed by atoms with Crippen LogP contribution in [-0.2, 0) is 6.42 Å². The fraction of sp³-hybridized carbons (Fsp3) is 0.500. The van der Waals surface area contributed by atoms with E-state index in [1.54, 1.807) is 23.1 Å². The van der Waals surface area contributed by atoms with Crippen LogP contribution in [0, 0.1) is 5.92 Å². The molecular weight excluding hydrogens is 268 g/mol. The Balaban J connectivity index is 1.81. The van der Waals surface area contributed by atoms with Gasteiger partial charge in [0.25, 0.3) is 0 Å². The Morgan fingerprint density at radius 3 is 2.67 bits per heavy atom. The molecule has 0 atom stereocenters. The van der Waals surface area contributed by atoms with Gasteiger partial charge in [-0.25, -0.2) is 9.59 Å². The zero-order valence-corrected chi connectivity index (χ0v) is 12.3.